The summed E-state index contributed by atoms with van der Waals surface area (Å²) in [7, 11) is 0. The summed E-state index contributed by atoms with van der Waals surface area (Å²) in [5.41, 5.74) is 2.15. The lowest BCUT2D eigenvalue weighted by atomic mass is 10.2. The molecule has 1 aliphatic heterocycles. The van der Waals surface area contributed by atoms with E-state index in [2.05, 4.69) is 36.3 Å². The van der Waals surface area contributed by atoms with Crippen LogP contribution in [0.25, 0.3) is 0 Å². The van der Waals surface area contributed by atoms with E-state index in [-0.39, 0.29) is 12.1 Å². The van der Waals surface area contributed by atoms with Gasteiger partial charge in [0, 0.05) is 29.5 Å². The number of nitrogens with one attached hydrogen (secondary N) is 1. The van der Waals surface area contributed by atoms with Gasteiger partial charge in [0.05, 0.1) is 12.6 Å². The Balaban J connectivity index is 1.68. The summed E-state index contributed by atoms with van der Waals surface area (Å²) in [6, 6.07) is 9.01. The molecule has 28 heavy (non-hydrogen) atoms. The number of pyridine rings is 2. The lowest BCUT2D eigenvalue weighted by molar-refractivity contribution is -0.0453. The maximum absolute atomic E-state index is 11.9. The largest absolute Gasteiger partial charge is 0.528 e. The quantitative estimate of drug-likeness (QED) is 0.548. The van der Waals surface area contributed by atoms with Crippen LogP contribution in [0.5, 0.6) is 5.88 Å². The zero-order chi connectivity index (χ0) is 20.1. The third-order valence-corrected chi connectivity index (χ3v) is 4.36. The maximum Gasteiger partial charge on any atom is 0.528 e. The van der Waals surface area contributed by atoms with Crippen LogP contribution in [0.15, 0.2) is 47.2 Å². The van der Waals surface area contributed by atoms with Gasteiger partial charge < -0.3 is 19.2 Å². The zero-order valence-corrected chi connectivity index (χ0v) is 17.5. The van der Waals surface area contributed by atoms with Crippen molar-refractivity contribution in [2.75, 3.05) is 18.0 Å². The SMILES string of the molecule is CC(C)(C)OC(=O)ON[C@H]1CN(c2ccc(Br)cn2)C[C@@H]1Oc1ccccn1. The number of carbonyl (C=O) groups excluding carboxylic acids is 1. The van der Waals surface area contributed by atoms with E-state index in [1.807, 2.05) is 24.3 Å². The standard InChI is InChI=1S/C19H23BrN4O4/c1-19(2,3)27-18(25)28-23-14-11-24(16-8-7-13(20)10-22-16)12-15(14)26-17-6-4-5-9-21-17/h4-10,14-15,23H,11-12H2,1-3H3/t14-,15-/m0/s1. The van der Waals surface area contributed by atoms with Crippen LogP contribution >= 0.6 is 15.9 Å². The minimum atomic E-state index is -0.788. The molecule has 0 radical (unpaired) electrons. The van der Waals surface area contributed by atoms with E-state index in [0.29, 0.717) is 19.0 Å². The van der Waals surface area contributed by atoms with Gasteiger partial charge in [-0.25, -0.2) is 14.8 Å². The topological polar surface area (TPSA) is 85.8 Å². The van der Waals surface area contributed by atoms with E-state index in [4.69, 9.17) is 14.3 Å². The average molecular weight is 451 g/mol. The van der Waals surface area contributed by atoms with Crippen molar-refractivity contribution >= 4 is 27.9 Å². The third-order valence-electron chi connectivity index (χ3n) is 3.89. The van der Waals surface area contributed by atoms with Gasteiger partial charge in [-0.2, -0.15) is 0 Å². The Hall–Kier alpha value is -2.39. The summed E-state index contributed by atoms with van der Waals surface area (Å²) in [5, 5.41) is 0. The van der Waals surface area contributed by atoms with Crippen LogP contribution in [0.1, 0.15) is 20.8 Å². The van der Waals surface area contributed by atoms with Gasteiger partial charge in [-0.1, -0.05) is 6.07 Å². The molecule has 2 atom stereocenters. The second-order valence-electron chi connectivity index (χ2n) is 7.35. The molecule has 8 nitrogen and oxygen atoms in total. The predicted octanol–water partition coefficient (Wildman–Crippen LogP) is 3.33. The predicted molar refractivity (Wildman–Crippen MR) is 107 cm³/mol. The first-order valence-electron chi connectivity index (χ1n) is 8.90. The molecule has 0 spiro atoms. The van der Waals surface area contributed by atoms with E-state index in [9.17, 15) is 4.79 Å². The Kier molecular flexibility index (Phi) is 6.35. The van der Waals surface area contributed by atoms with Crippen molar-refractivity contribution in [2.45, 2.75) is 38.5 Å². The van der Waals surface area contributed by atoms with Gasteiger partial charge in [-0.15, -0.1) is 5.48 Å². The second kappa shape index (κ2) is 8.74. The number of carbonyl (C=O) groups is 1. The lowest BCUT2D eigenvalue weighted by Gasteiger charge is -2.22. The molecule has 3 rings (SSSR count). The molecular formula is C19H23BrN4O4. The van der Waals surface area contributed by atoms with E-state index in [1.165, 1.54) is 0 Å². The number of rotatable bonds is 5. The molecule has 0 bridgehead atoms. The molecule has 9 heteroatoms. The summed E-state index contributed by atoms with van der Waals surface area (Å²) < 4.78 is 12.1. The van der Waals surface area contributed by atoms with Gasteiger partial charge in [0.2, 0.25) is 5.88 Å². The molecule has 0 saturated carbocycles. The molecular weight excluding hydrogens is 428 g/mol. The molecule has 0 unspecified atom stereocenters. The molecule has 1 saturated heterocycles. The fourth-order valence-electron chi connectivity index (χ4n) is 2.72. The molecule has 1 aliphatic rings. The van der Waals surface area contributed by atoms with Gasteiger partial charge in [-0.3, -0.25) is 0 Å². The summed E-state index contributed by atoms with van der Waals surface area (Å²) in [6.45, 7) is 6.42. The van der Waals surface area contributed by atoms with Crippen LogP contribution in [0.4, 0.5) is 10.6 Å². The number of nitrogens with zero attached hydrogens (tertiary/aromatic N) is 3. The summed E-state index contributed by atoms with van der Waals surface area (Å²) in [6.07, 6.45) is 2.31. The molecule has 1 fully saturated rings. The van der Waals surface area contributed by atoms with Gasteiger partial charge in [-0.05, 0) is 54.9 Å². The lowest BCUT2D eigenvalue weighted by Crippen LogP contribution is -2.44. The van der Waals surface area contributed by atoms with Crippen molar-refractivity contribution < 1.29 is 19.1 Å². The number of hydrogen-bond donors (Lipinski definition) is 1. The van der Waals surface area contributed by atoms with Crippen molar-refractivity contribution in [1.29, 1.82) is 0 Å². The van der Waals surface area contributed by atoms with Crippen LogP contribution in [0.3, 0.4) is 0 Å². The van der Waals surface area contributed by atoms with E-state index >= 15 is 0 Å². The molecule has 0 aliphatic carbocycles. The number of hydroxylamine groups is 1. The normalized spacial score (nSPS) is 19.4. The van der Waals surface area contributed by atoms with Gasteiger partial charge in [0.25, 0.3) is 0 Å². The van der Waals surface area contributed by atoms with Crippen LogP contribution < -0.4 is 15.1 Å². The molecule has 2 aromatic heterocycles. The first-order valence-corrected chi connectivity index (χ1v) is 9.69. The van der Waals surface area contributed by atoms with Gasteiger partial charge >= 0.3 is 6.16 Å². The highest BCUT2D eigenvalue weighted by molar-refractivity contribution is 9.10. The van der Waals surface area contributed by atoms with Gasteiger partial charge in [0.1, 0.15) is 17.5 Å². The highest BCUT2D eigenvalue weighted by Gasteiger charge is 2.37. The van der Waals surface area contributed by atoms with Crippen LogP contribution in [-0.2, 0) is 9.57 Å². The molecule has 2 aromatic rings. The minimum absolute atomic E-state index is 0.292. The Morgan fingerprint density at radius 3 is 2.68 bits per heavy atom. The zero-order valence-electron chi connectivity index (χ0n) is 16.0. The Bertz CT molecular complexity index is 783. The van der Waals surface area contributed by atoms with Crippen molar-refractivity contribution in [1.82, 2.24) is 15.4 Å². The first-order chi connectivity index (χ1) is 13.3. The van der Waals surface area contributed by atoms with Crippen LogP contribution in [-0.4, -0.2) is 47.0 Å². The van der Waals surface area contributed by atoms with Crippen molar-refractivity contribution in [3.63, 3.8) is 0 Å². The van der Waals surface area contributed by atoms with E-state index < -0.39 is 11.8 Å². The fourth-order valence-corrected chi connectivity index (χ4v) is 2.95. The van der Waals surface area contributed by atoms with Crippen LogP contribution in [0, 0.1) is 0 Å². The fraction of sp³-hybridized carbons (Fsp3) is 0.421. The number of aromatic nitrogens is 2. The summed E-state index contributed by atoms with van der Waals surface area (Å²) >= 11 is 3.39. The van der Waals surface area contributed by atoms with Gasteiger partial charge in [0.15, 0.2) is 0 Å². The number of anilines is 1. The highest BCUT2D eigenvalue weighted by Crippen LogP contribution is 2.23. The van der Waals surface area contributed by atoms with Crippen molar-refractivity contribution in [2.24, 2.45) is 0 Å². The smallest absolute Gasteiger partial charge is 0.471 e. The maximum atomic E-state index is 11.9. The highest BCUT2D eigenvalue weighted by atomic mass is 79.9. The Morgan fingerprint density at radius 2 is 2.04 bits per heavy atom. The average Bonchev–Trinajstić information content (AvgIpc) is 3.03. The third kappa shape index (κ3) is 5.80. The monoisotopic (exact) mass is 450 g/mol. The molecule has 0 aromatic carbocycles. The van der Waals surface area contributed by atoms with E-state index in [1.54, 1.807) is 39.2 Å². The van der Waals surface area contributed by atoms with Crippen LogP contribution in [0.2, 0.25) is 0 Å². The van der Waals surface area contributed by atoms with Crippen molar-refractivity contribution in [3.05, 3.63) is 47.2 Å². The summed E-state index contributed by atoms with van der Waals surface area (Å²) in [4.78, 5) is 27.7. The second-order valence-corrected chi connectivity index (χ2v) is 8.27. The molecule has 0 amide bonds. The number of hydrogen-bond acceptors (Lipinski definition) is 8. The number of ether oxygens (including phenoxy) is 2. The summed E-state index contributed by atoms with van der Waals surface area (Å²) in [5.74, 6) is 1.31. The van der Waals surface area contributed by atoms with Crippen molar-refractivity contribution in [3.8, 4) is 5.88 Å². The Labute approximate surface area is 172 Å². The molecule has 3 heterocycles. The minimum Gasteiger partial charge on any atom is -0.471 e. The molecule has 150 valence electrons. The Morgan fingerprint density at radius 1 is 1.21 bits per heavy atom. The molecule has 1 N–H and O–H groups in total. The first kappa shape index (κ1) is 20.3. The number of halogens is 1. The van der Waals surface area contributed by atoms with E-state index in [0.717, 1.165) is 10.3 Å².